The zero-order valence-corrected chi connectivity index (χ0v) is 17.1. The van der Waals surface area contributed by atoms with Crippen LogP contribution in [0.15, 0.2) is 57.9 Å². The van der Waals surface area contributed by atoms with Gasteiger partial charge in [0.1, 0.15) is 5.58 Å². The van der Waals surface area contributed by atoms with E-state index >= 15 is 0 Å². The van der Waals surface area contributed by atoms with Crippen LogP contribution >= 0.6 is 23.2 Å². The molecule has 0 aliphatic carbocycles. The van der Waals surface area contributed by atoms with Crippen LogP contribution in [0.5, 0.6) is 0 Å². The molecule has 2 aliphatic heterocycles. The third-order valence-electron chi connectivity index (χ3n) is 5.48. The van der Waals surface area contributed by atoms with Crippen molar-refractivity contribution in [1.82, 2.24) is 5.06 Å². The molecule has 0 N–H and O–H groups in total. The van der Waals surface area contributed by atoms with E-state index in [4.69, 9.17) is 32.5 Å². The number of amides is 2. The number of benzene rings is 2. The fourth-order valence-electron chi connectivity index (χ4n) is 4.14. The minimum Gasteiger partial charge on any atom is -0.464 e. The third kappa shape index (κ3) is 2.70. The van der Waals surface area contributed by atoms with Crippen molar-refractivity contribution in [3.63, 3.8) is 0 Å². The summed E-state index contributed by atoms with van der Waals surface area (Å²) in [4.78, 5) is 46.1. The smallest absolute Gasteiger partial charge is 0.266 e. The summed E-state index contributed by atoms with van der Waals surface area (Å²) < 4.78 is 5.61. The van der Waals surface area contributed by atoms with Crippen LogP contribution in [-0.4, -0.2) is 30.0 Å². The van der Waals surface area contributed by atoms with Crippen molar-refractivity contribution in [2.75, 3.05) is 11.9 Å². The molecule has 30 heavy (non-hydrogen) atoms. The first kappa shape index (κ1) is 19.3. The molecule has 2 aliphatic rings. The monoisotopic (exact) mass is 444 g/mol. The largest absolute Gasteiger partial charge is 0.464 e. The number of fused-ring (bicyclic) bond motifs is 2. The van der Waals surface area contributed by atoms with Crippen molar-refractivity contribution >= 4 is 51.7 Å². The number of hydrogen-bond donors (Lipinski definition) is 0. The fourth-order valence-corrected chi connectivity index (χ4v) is 4.63. The lowest BCUT2D eigenvalue weighted by atomic mass is 9.91. The Hall–Kier alpha value is -2.71. The Morgan fingerprint density at radius 3 is 2.53 bits per heavy atom. The van der Waals surface area contributed by atoms with Gasteiger partial charge in [-0.05, 0) is 30.3 Å². The van der Waals surface area contributed by atoms with Gasteiger partial charge in [-0.3, -0.25) is 19.2 Å². The first-order valence-corrected chi connectivity index (χ1v) is 9.87. The maximum Gasteiger partial charge on any atom is 0.266 e. The van der Waals surface area contributed by atoms with E-state index in [1.54, 1.807) is 37.4 Å². The van der Waals surface area contributed by atoms with E-state index in [0.717, 1.165) is 4.90 Å². The van der Waals surface area contributed by atoms with Crippen LogP contribution in [0.25, 0.3) is 11.0 Å². The molecule has 2 aromatic carbocycles. The summed E-state index contributed by atoms with van der Waals surface area (Å²) in [6.45, 7) is 0. The zero-order valence-electron chi connectivity index (χ0n) is 15.5. The second-order valence-corrected chi connectivity index (χ2v) is 8.01. The van der Waals surface area contributed by atoms with Crippen LogP contribution in [-0.2, 0) is 14.4 Å². The maximum absolute atomic E-state index is 13.3. The fraction of sp³-hybridized carbons (Fsp3) is 0.190. The van der Waals surface area contributed by atoms with Crippen molar-refractivity contribution in [1.29, 1.82) is 0 Å². The number of hydrogen-bond acceptors (Lipinski definition) is 6. The van der Waals surface area contributed by atoms with Crippen LogP contribution in [0.3, 0.4) is 0 Å². The molecule has 0 spiro atoms. The molecule has 5 rings (SSSR count). The van der Waals surface area contributed by atoms with Gasteiger partial charge in [-0.1, -0.05) is 35.3 Å². The predicted octanol–water partition coefficient (Wildman–Crippen LogP) is 3.58. The van der Waals surface area contributed by atoms with Gasteiger partial charge in [0.15, 0.2) is 11.5 Å². The van der Waals surface area contributed by atoms with E-state index in [-0.39, 0.29) is 21.7 Å². The number of rotatable bonds is 2. The Bertz CT molecular complexity index is 1270. The van der Waals surface area contributed by atoms with E-state index in [2.05, 4.69) is 0 Å². The molecule has 2 saturated heterocycles. The van der Waals surface area contributed by atoms with Crippen molar-refractivity contribution in [2.45, 2.75) is 12.1 Å². The summed E-state index contributed by atoms with van der Waals surface area (Å²) >= 11 is 12.2. The Kier molecular flexibility index (Phi) is 4.44. The summed E-state index contributed by atoms with van der Waals surface area (Å²) in [5, 5.41) is 2.30. The number of imide groups is 1. The van der Waals surface area contributed by atoms with E-state index in [9.17, 15) is 14.4 Å². The van der Waals surface area contributed by atoms with Gasteiger partial charge in [-0.2, -0.15) is 5.06 Å². The quantitative estimate of drug-likeness (QED) is 0.562. The maximum atomic E-state index is 13.3. The minimum atomic E-state index is -1.06. The molecular weight excluding hydrogens is 431 g/mol. The standard InChI is InChI=1S/C21H14Cl2N2O5/c1-24-17(12-9-29-15-5-3-2-4-11(15)18(12)26)16-19(30-24)21(28)25(20(16)27)14-7-6-10(22)8-13(14)23/h2-9,16-17,19H,1H3/t16-,17+,19-/m0/s1. The predicted molar refractivity (Wildman–Crippen MR) is 110 cm³/mol. The first-order valence-electron chi connectivity index (χ1n) is 9.11. The van der Waals surface area contributed by atoms with Crippen molar-refractivity contribution in [2.24, 2.45) is 5.92 Å². The average Bonchev–Trinajstić information content (AvgIpc) is 3.17. The van der Waals surface area contributed by atoms with Gasteiger partial charge in [0, 0.05) is 12.1 Å². The highest BCUT2D eigenvalue weighted by Crippen LogP contribution is 2.45. The molecule has 0 saturated carbocycles. The number of carbonyl (C=O) groups excluding carboxylic acids is 2. The van der Waals surface area contributed by atoms with Crippen LogP contribution in [0.2, 0.25) is 10.0 Å². The van der Waals surface area contributed by atoms with Gasteiger partial charge < -0.3 is 4.42 Å². The lowest BCUT2D eigenvalue weighted by Crippen LogP contribution is -2.37. The molecule has 2 fully saturated rings. The number of anilines is 1. The normalized spacial score (nSPS) is 24.1. The lowest BCUT2D eigenvalue weighted by Gasteiger charge is -2.24. The van der Waals surface area contributed by atoms with Crippen LogP contribution in [0.4, 0.5) is 5.69 Å². The third-order valence-corrected chi connectivity index (χ3v) is 6.02. The van der Waals surface area contributed by atoms with E-state index < -0.39 is 29.9 Å². The van der Waals surface area contributed by atoms with Crippen LogP contribution in [0, 0.1) is 5.92 Å². The van der Waals surface area contributed by atoms with Gasteiger partial charge in [-0.25, -0.2) is 4.90 Å². The number of carbonyl (C=O) groups is 2. The molecule has 7 nitrogen and oxygen atoms in total. The molecule has 3 atom stereocenters. The molecule has 152 valence electrons. The number of para-hydroxylation sites is 1. The Morgan fingerprint density at radius 2 is 1.77 bits per heavy atom. The molecule has 9 heteroatoms. The van der Waals surface area contributed by atoms with Gasteiger partial charge >= 0.3 is 0 Å². The minimum absolute atomic E-state index is 0.166. The molecule has 0 radical (unpaired) electrons. The van der Waals surface area contributed by atoms with Crippen molar-refractivity contribution in [3.8, 4) is 0 Å². The average molecular weight is 445 g/mol. The van der Waals surface area contributed by atoms with E-state index in [0.29, 0.717) is 16.0 Å². The Morgan fingerprint density at radius 1 is 1.00 bits per heavy atom. The molecule has 1 aromatic heterocycles. The van der Waals surface area contributed by atoms with E-state index in [1.165, 1.54) is 23.5 Å². The number of halogens is 2. The van der Waals surface area contributed by atoms with Gasteiger partial charge in [0.05, 0.1) is 39.9 Å². The molecule has 3 aromatic rings. The number of nitrogens with zero attached hydrogens (tertiary/aromatic N) is 2. The van der Waals surface area contributed by atoms with Gasteiger partial charge in [0.2, 0.25) is 5.91 Å². The molecule has 2 amide bonds. The molecule has 3 heterocycles. The van der Waals surface area contributed by atoms with Crippen molar-refractivity contribution in [3.05, 3.63) is 74.6 Å². The topological polar surface area (TPSA) is 80.1 Å². The molecule has 0 bridgehead atoms. The summed E-state index contributed by atoms with van der Waals surface area (Å²) in [6.07, 6.45) is 0.262. The first-order chi connectivity index (χ1) is 14.4. The highest BCUT2D eigenvalue weighted by molar-refractivity contribution is 6.38. The second-order valence-electron chi connectivity index (χ2n) is 7.17. The summed E-state index contributed by atoms with van der Waals surface area (Å²) in [6, 6.07) is 10.5. The summed E-state index contributed by atoms with van der Waals surface area (Å²) in [5.74, 6) is -1.97. The Balaban J connectivity index is 1.60. The lowest BCUT2D eigenvalue weighted by molar-refractivity contribution is -0.160. The van der Waals surface area contributed by atoms with Gasteiger partial charge in [-0.15, -0.1) is 0 Å². The highest BCUT2D eigenvalue weighted by atomic mass is 35.5. The van der Waals surface area contributed by atoms with Crippen LogP contribution < -0.4 is 10.3 Å². The number of hydroxylamine groups is 2. The highest BCUT2D eigenvalue weighted by Gasteiger charge is 2.60. The molecule has 0 unspecified atom stereocenters. The Labute approximate surface area is 180 Å². The second kappa shape index (κ2) is 6.92. The summed E-state index contributed by atoms with van der Waals surface area (Å²) in [7, 11) is 1.58. The van der Waals surface area contributed by atoms with Crippen LogP contribution in [0.1, 0.15) is 11.6 Å². The zero-order chi connectivity index (χ0) is 21.2. The summed E-state index contributed by atoms with van der Waals surface area (Å²) in [5.41, 5.74) is 0.629. The molecular formula is C21H14Cl2N2O5. The van der Waals surface area contributed by atoms with Crippen molar-refractivity contribution < 1.29 is 18.8 Å². The van der Waals surface area contributed by atoms with E-state index in [1.807, 2.05) is 0 Å². The van der Waals surface area contributed by atoms with Gasteiger partial charge in [0.25, 0.3) is 5.91 Å². The SMILES string of the molecule is CN1O[C@@H]2C(=O)N(c3ccc(Cl)cc3Cl)C(=O)[C@H]2[C@H]1c1coc2ccccc2c1=O.